The Morgan fingerprint density at radius 3 is 2.67 bits per heavy atom. The number of thiophene rings is 1. The molecule has 0 aliphatic heterocycles. The maximum atomic E-state index is 5.88. The molecule has 0 spiro atoms. The lowest BCUT2D eigenvalue weighted by Crippen LogP contribution is -2.51. The van der Waals surface area contributed by atoms with Gasteiger partial charge < -0.3 is 5.73 Å². The summed E-state index contributed by atoms with van der Waals surface area (Å²) >= 11 is 1.88. The van der Waals surface area contributed by atoms with Crippen LogP contribution in [0.5, 0.6) is 0 Å². The average Bonchev–Trinajstić information content (AvgIpc) is 2.89. The fourth-order valence-corrected chi connectivity index (χ4v) is 3.16. The van der Waals surface area contributed by atoms with Crippen molar-refractivity contribution in [3.8, 4) is 0 Å². The molecule has 2 saturated carbocycles. The van der Waals surface area contributed by atoms with Crippen LogP contribution in [-0.2, 0) is 6.54 Å². The summed E-state index contributed by atoms with van der Waals surface area (Å²) in [7, 11) is 0. The Hall–Kier alpha value is -0.380. The van der Waals surface area contributed by atoms with E-state index in [4.69, 9.17) is 5.73 Å². The van der Waals surface area contributed by atoms with E-state index < -0.39 is 0 Å². The molecule has 2 fully saturated rings. The average molecular weight is 222 g/mol. The van der Waals surface area contributed by atoms with Gasteiger partial charge in [0.05, 0.1) is 0 Å². The third-order valence-electron chi connectivity index (χ3n) is 3.55. The molecular weight excluding hydrogens is 204 g/mol. The highest BCUT2D eigenvalue weighted by atomic mass is 32.1. The van der Waals surface area contributed by atoms with E-state index in [0.29, 0.717) is 6.04 Å². The van der Waals surface area contributed by atoms with E-state index in [0.717, 1.165) is 18.6 Å². The largest absolute Gasteiger partial charge is 0.328 e. The molecule has 2 N–H and O–H groups in total. The Kier molecular flexibility index (Phi) is 2.54. The van der Waals surface area contributed by atoms with E-state index >= 15 is 0 Å². The molecule has 0 aromatic carbocycles. The maximum Gasteiger partial charge on any atom is 0.0333 e. The molecule has 0 radical (unpaired) electrons. The van der Waals surface area contributed by atoms with Crippen molar-refractivity contribution in [3.63, 3.8) is 0 Å². The van der Waals surface area contributed by atoms with Crippen molar-refractivity contribution in [1.82, 2.24) is 4.90 Å². The number of nitrogens with two attached hydrogens (primary N) is 1. The van der Waals surface area contributed by atoms with Crippen LogP contribution in [0.1, 0.15) is 30.6 Å². The van der Waals surface area contributed by atoms with E-state index in [1.165, 1.54) is 30.6 Å². The van der Waals surface area contributed by atoms with Crippen molar-refractivity contribution < 1.29 is 0 Å². The smallest absolute Gasteiger partial charge is 0.0333 e. The Morgan fingerprint density at radius 1 is 1.33 bits per heavy atom. The van der Waals surface area contributed by atoms with Crippen LogP contribution >= 0.6 is 11.3 Å². The Labute approximate surface area is 95.1 Å². The predicted octanol–water partition coefficient (Wildman–Crippen LogP) is 2.20. The third kappa shape index (κ3) is 2.10. The van der Waals surface area contributed by atoms with Gasteiger partial charge in [-0.3, -0.25) is 4.90 Å². The molecule has 1 aromatic rings. The first-order valence-corrected chi connectivity index (χ1v) is 6.74. The maximum absolute atomic E-state index is 5.88. The number of rotatable bonds is 4. The minimum absolute atomic E-state index is 0.472. The molecular formula is C12H18N2S. The van der Waals surface area contributed by atoms with Gasteiger partial charge in [-0.25, -0.2) is 0 Å². The summed E-state index contributed by atoms with van der Waals surface area (Å²) < 4.78 is 0. The van der Waals surface area contributed by atoms with E-state index in [9.17, 15) is 0 Å². The molecule has 0 amide bonds. The lowest BCUT2D eigenvalue weighted by molar-refractivity contribution is 0.0960. The van der Waals surface area contributed by atoms with Crippen LogP contribution in [0.25, 0.3) is 0 Å². The van der Waals surface area contributed by atoms with Crippen molar-refractivity contribution in [2.45, 2.75) is 50.4 Å². The molecule has 0 saturated heterocycles. The lowest BCUT2D eigenvalue weighted by Gasteiger charge is -2.41. The second-order valence-corrected chi connectivity index (χ2v) is 5.90. The normalized spacial score (nSPS) is 30.5. The molecule has 2 aliphatic rings. The lowest BCUT2D eigenvalue weighted by atomic mass is 9.86. The summed E-state index contributed by atoms with van der Waals surface area (Å²) in [6, 6.07) is 6.51. The van der Waals surface area contributed by atoms with Crippen LogP contribution in [0.15, 0.2) is 17.5 Å². The highest BCUT2D eigenvalue weighted by Crippen LogP contribution is 2.36. The van der Waals surface area contributed by atoms with Crippen LogP contribution in [0.4, 0.5) is 0 Å². The van der Waals surface area contributed by atoms with E-state index in [2.05, 4.69) is 22.4 Å². The molecule has 0 unspecified atom stereocenters. The molecule has 1 heterocycles. The van der Waals surface area contributed by atoms with Crippen LogP contribution < -0.4 is 5.73 Å². The zero-order valence-corrected chi connectivity index (χ0v) is 9.75. The van der Waals surface area contributed by atoms with Gasteiger partial charge in [0.15, 0.2) is 0 Å². The first kappa shape index (κ1) is 9.82. The second-order valence-electron chi connectivity index (χ2n) is 4.87. The predicted molar refractivity (Wildman–Crippen MR) is 63.9 cm³/mol. The topological polar surface area (TPSA) is 29.3 Å². The summed E-state index contributed by atoms with van der Waals surface area (Å²) in [4.78, 5) is 4.19. The number of hydrogen-bond donors (Lipinski definition) is 1. The van der Waals surface area contributed by atoms with Crippen LogP contribution in [-0.4, -0.2) is 23.0 Å². The molecule has 2 aliphatic carbocycles. The Morgan fingerprint density at radius 2 is 2.13 bits per heavy atom. The van der Waals surface area contributed by atoms with Gasteiger partial charge in [0, 0.05) is 29.5 Å². The molecule has 1 aromatic heterocycles. The zero-order chi connectivity index (χ0) is 10.3. The van der Waals surface area contributed by atoms with Crippen molar-refractivity contribution in [2.75, 3.05) is 0 Å². The number of hydrogen-bond acceptors (Lipinski definition) is 3. The molecule has 2 nitrogen and oxygen atoms in total. The summed E-state index contributed by atoms with van der Waals surface area (Å²) in [6.45, 7) is 1.15. The van der Waals surface area contributed by atoms with Gasteiger partial charge in [-0.05, 0) is 37.1 Å². The van der Waals surface area contributed by atoms with E-state index in [1.807, 2.05) is 11.3 Å². The van der Waals surface area contributed by atoms with Crippen molar-refractivity contribution in [1.29, 1.82) is 0 Å². The molecule has 0 atom stereocenters. The summed E-state index contributed by atoms with van der Waals surface area (Å²) in [6.07, 6.45) is 5.22. The molecule has 3 rings (SSSR count). The van der Waals surface area contributed by atoms with Gasteiger partial charge in [0.1, 0.15) is 0 Å². The summed E-state index contributed by atoms with van der Waals surface area (Å²) in [5.74, 6) is 0. The fourth-order valence-electron chi connectivity index (χ4n) is 2.45. The van der Waals surface area contributed by atoms with Crippen molar-refractivity contribution >= 4 is 11.3 Å². The monoisotopic (exact) mass is 222 g/mol. The molecule has 82 valence electrons. The van der Waals surface area contributed by atoms with Crippen molar-refractivity contribution in [2.24, 2.45) is 5.73 Å². The summed E-state index contributed by atoms with van der Waals surface area (Å²) in [5, 5.41) is 2.17. The third-order valence-corrected chi connectivity index (χ3v) is 4.41. The SMILES string of the molecule is NC1CC(N(Cc2cccs2)C2CC2)C1. The second kappa shape index (κ2) is 3.89. The zero-order valence-electron chi connectivity index (χ0n) is 8.93. The van der Waals surface area contributed by atoms with Gasteiger partial charge >= 0.3 is 0 Å². The Bertz CT molecular complexity index is 312. The Balaban J connectivity index is 1.64. The van der Waals surface area contributed by atoms with Gasteiger partial charge in [-0.15, -0.1) is 11.3 Å². The fraction of sp³-hybridized carbons (Fsp3) is 0.667. The minimum Gasteiger partial charge on any atom is -0.328 e. The van der Waals surface area contributed by atoms with Crippen LogP contribution in [0.3, 0.4) is 0 Å². The van der Waals surface area contributed by atoms with Gasteiger partial charge in [-0.2, -0.15) is 0 Å². The van der Waals surface area contributed by atoms with E-state index in [-0.39, 0.29) is 0 Å². The minimum atomic E-state index is 0.472. The first-order valence-electron chi connectivity index (χ1n) is 5.86. The highest BCUT2D eigenvalue weighted by Gasteiger charge is 2.39. The molecule has 15 heavy (non-hydrogen) atoms. The van der Waals surface area contributed by atoms with Crippen molar-refractivity contribution in [3.05, 3.63) is 22.4 Å². The highest BCUT2D eigenvalue weighted by molar-refractivity contribution is 7.09. The quantitative estimate of drug-likeness (QED) is 0.846. The summed E-state index contributed by atoms with van der Waals surface area (Å²) in [5.41, 5.74) is 5.88. The first-order chi connectivity index (χ1) is 7.33. The van der Waals surface area contributed by atoms with Gasteiger partial charge in [0.2, 0.25) is 0 Å². The van der Waals surface area contributed by atoms with Gasteiger partial charge in [0.25, 0.3) is 0 Å². The van der Waals surface area contributed by atoms with E-state index in [1.54, 1.807) is 0 Å². The molecule has 3 heteroatoms. The van der Waals surface area contributed by atoms with Crippen LogP contribution in [0, 0.1) is 0 Å². The van der Waals surface area contributed by atoms with Crippen LogP contribution in [0.2, 0.25) is 0 Å². The number of nitrogens with zero attached hydrogens (tertiary/aromatic N) is 1. The standard InChI is InChI=1S/C12H18N2S/c13-9-6-11(7-9)14(10-3-4-10)8-12-2-1-5-15-12/h1-2,5,9-11H,3-4,6-8,13H2. The van der Waals surface area contributed by atoms with Gasteiger partial charge in [-0.1, -0.05) is 6.07 Å². The molecule has 0 bridgehead atoms.